The molecule has 19 heavy (non-hydrogen) atoms. The van der Waals surface area contributed by atoms with Crippen molar-refractivity contribution >= 4 is 11.6 Å². The van der Waals surface area contributed by atoms with Crippen molar-refractivity contribution in [3.05, 3.63) is 65.2 Å². The monoisotopic (exact) mass is 270 g/mol. The second-order valence-electron chi connectivity index (χ2n) is 4.12. The molecule has 0 atom stereocenters. The lowest BCUT2D eigenvalue weighted by atomic mass is 10.2. The summed E-state index contributed by atoms with van der Waals surface area (Å²) in [5.74, 6) is 0.737. The SMILES string of the molecule is Clc1ccccc1Cn1nnnc1-c1ccccc1. The summed E-state index contributed by atoms with van der Waals surface area (Å²) in [5.41, 5.74) is 1.98. The third-order valence-corrected chi connectivity index (χ3v) is 3.21. The Balaban J connectivity index is 1.96. The Bertz CT molecular complexity index is 679. The molecule has 94 valence electrons. The number of halogens is 1. The number of benzene rings is 2. The van der Waals surface area contributed by atoms with E-state index in [1.807, 2.05) is 54.6 Å². The molecule has 0 aliphatic rings. The predicted molar refractivity (Wildman–Crippen MR) is 73.8 cm³/mol. The van der Waals surface area contributed by atoms with Crippen LogP contribution in [0.5, 0.6) is 0 Å². The van der Waals surface area contributed by atoms with Crippen LogP contribution in [0.3, 0.4) is 0 Å². The summed E-state index contributed by atoms with van der Waals surface area (Å²) in [7, 11) is 0. The van der Waals surface area contributed by atoms with E-state index in [1.54, 1.807) is 4.68 Å². The van der Waals surface area contributed by atoms with Gasteiger partial charge in [-0.25, -0.2) is 4.68 Å². The third kappa shape index (κ3) is 2.48. The smallest absolute Gasteiger partial charge is 0.182 e. The van der Waals surface area contributed by atoms with Gasteiger partial charge in [0.05, 0.1) is 6.54 Å². The predicted octanol–water partition coefficient (Wildman–Crippen LogP) is 3.04. The van der Waals surface area contributed by atoms with Crippen LogP contribution in [0.25, 0.3) is 11.4 Å². The van der Waals surface area contributed by atoms with Crippen molar-refractivity contribution in [3.63, 3.8) is 0 Å². The number of rotatable bonds is 3. The zero-order valence-electron chi connectivity index (χ0n) is 10.1. The Morgan fingerprint density at radius 2 is 1.68 bits per heavy atom. The molecule has 0 bridgehead atoms. The van der Waals surface area contributed by atoms with Crippen molar-refractivity contribution in [1.29, 1.82) is 0 Å². The molecule has 1 aromatic heterocycles. The van der Waals surface area contributed by atoms with E-state index in [0.29, 0.717) is 6.54 Å². The van der Waals surface area contributed by atoms with Gasteiger partial charge in [-0.15, -0.1) is 5.10 Å². The van der Waals surface area contributed by atoms with Crippen molar-refractivity contribution in [2.45, 2.75) is 6.54 Å². The van der Waals surface area contributed by atoms with Gasteiger partial charge in [-0.2, -0.15) is 0 Å². The van der Waals surface area contributed by atoms with E-state index in [-0.39, 0.29) is 0 Å². The van der Waals surface area contributed by atoms with E-state index in [1.165, 1.54) is 0 Å². The molecule has 0 N–H and O–H groups in total. The van der Waals surface area contributed by atoms with E-state index in [9.17, 15) is 0 Å². The van der Waals surface area contributed by atoms with Crippen LogP contribution in [-0.2, 0) is 6.54 Å². The lowest BCUT2D eigenvalue weighted by Gasteiger charge is -2.06. The molecule has 0 radical (unpaired) electrons. The zero-order valence-corrected chi connectivity index (χ0v) is 10.8. The standard InChI is InChI=1S/C14H11ClN4/c15-13-9-5-4-8-12(13)10-19-14(16-17-18-19)11-6-2-1-3-7-11/h1-9H,10H2. The maximum atomic E-state index is 6.16. The molecule has 0 aliphatic carbocycles. The number of tetrazole rings is 1. The number of hydrogen-bond acceptors (Lipinski definition) is 3. The van der Waals surface area contributed by atoms with Gasteiger partial charge in [0.15, 0.2) is 5.82 Å². The molecule has 1 heterocycles. The van der Waals surface area contributed by atoms with Crippen LogP contribution in [0.4, 0.5) is 0 Å². The molecule has 0 unspecified atom stereocenters. The zero-order chi connectivity index (χ0) is 13.1. The van der Waals surface area contributed by atoms with Crippen LogP contribution in [0.1, 0.15) is 5.56 Å². The minimum Gasteiger partial charge on any atom is -0.221 e. The minimum absolute atomic E-state index is 0.552. The maximum absolute atomic E-state index is 6.16. The van der Waals surface area contributed by atoms with E-state index in [2.05, 4.69) is 15.5 Å². The quantitative estimate of drug-likeness (QED) is 0.735. The van der Waals surface area contributed by atoms with Gasteiger partial charge in [-0.3, -0.25) is 0 Å². The summed E-state index contributed by atoms with van der Waals surface area (Å²) in [6.45, 7) is 0.552. The molecule has 0 amide bonds. The molecular weight excluding hydrogens is 260 g/mol. The van der Waals surface area contributed by atoms with Crippen molar-refractivity contribution in [2.24, 2.45) is 0 Å². The van der Waals surface area contributed by atoms with Crippen LogP contribution < -0.4 is 0 Å². The van der Waals surface area contributed by atoms with Crippen molar-refractivity contribution in [2.75, 3.05) is 0 Å². The second-order valence-corrected chi connectivity index (χ2v) is 4.52. The van der Waals surface area contributed by atoms with Crippen LogP contribution >= 0.6 is 11.6 Å². The molecule has 0 fully saturated rings. The summed E-state index contributed by atoms with van der Waals surface area (Å²) in [6, 6.07) is 17.5. The van der Waals surface area contributed by atoms with Crippen molar-refractivity contribution < 1.29 is 0 Å². The van der Waals surface area contributed by atoms with Crippen molar-refractivity contribution in [3.8, 4) is 11.4 Å². The molecule has 3 rings (SSSR count). The molecule has 4 nitrogen and oxygen atoms in total. The Labute approximate surface area is 115 Å². The highest BCUT2D eigenvalue weighted by Crippen LogP contribution is 2.19. The number of aromatic nitrogens is 4. The summed E-state index contributed by atoms with van der Waals surface area (Å²) >= 11 is 6.16. The fourth-order valence-corrected chi connectivity index (χ4v) is 2.09. The summed E-state index contributed by atoms with van der Waals surface area (Å²) in [6.07, 6.45) is 0. The van der Waals surface area contributed by atoms with Gasteiger partial charge in [-0.05, 0) is 22.1 Å². The molecule has 3 aromatic rings. The number of nitrogens with zero attached hydrogens (tertiary/aromatic N) is 4. The summed E-state index contributed by atoms with van der Waals surface area (Å²) in [5, 5.41) is 12.6. The lowest BCUT2D eigenvalue weighted by molar-refractivity contribution is 0.653. The first kappa shape index (κ1) is 11.9. The van der Waals surface area contributed by atoms with Gasteiger partial charge < -0.3 is 0 Å². The normalized spacial score (nSPS) is 10.6. The molecular formula is C14H11ClN4. The lowest BCUT2D eigenvalue weighted by Crippen LogP contribution is -2.04. The van der Waals surface area contributed by atoms with Crippen LogP contribution in [0.2, 0.25) is 5.02 Å². The molecule has 0 saturated carbocycles. The molecule has 2 aromatic carbocycles. The molecule has 0 aliphatic heterocycles. The average molecular weight is 271 g/mol. The highest BCUT2D eigenvalue weighted by molar-refractivity contribution is 6.31. The highest BCUT2D eigenvalue weighted by Gasteiger charge is 2.09. The van der Waals surface area contributed by atoms with E-state index < -0.39 is 0 Å². The van der Waals surface area contributed by atoms with E-state index in [4.69, 9.17) is 11.6 Å². The first-order valence-electron chi connectivity index (χ1n) is 5.89. The Morgan fingerprint density at radius 3 is 2.47 bits per heavy atom. The van der Waals surface area contributed by atoms with Crippen LogP contribution in [0.15, 0.2) is 54.6 Å². The maximum Gasteiger partial charge on any atom is 0.182 e. The van der Waals surface area contributed by atoms with Crippen LogP contribution in [-0.4, -0.2) is 20.2 Å². The van der Waals surface area contributed by atoms with Gasteiger partial charge in [-0.1, -0.05) is 60.1 Å². The number of hydrogen-bond donors (Lipinski definition) is 0. The fraction of sp³-hybridized carbons (Fsp3) is 0.0714. The van der Waals surface area contributed by atoms with Gasteiger partial charge in [0.2, 0.25) is 0 Å². The summed E-state index contributed by atoms with van der Waals surface area (Å²) in [4.78, 5) is 0. The highest BCUT2D eigenvalue weighted by atomic mass is 35.5. The van der Waals surface area contributed by atoms with Gasteiger partial charge in [0.25, 0.3) is 0 Å². The Hall–Kier alpha value is -2.20. The Kier molecular flexibility index (Phi) is 3.25. The van der Waals surface area contributed by atoms with Gasteiger partial charge >= 0.3 is 0 Å². The molecule has 0 saturated heterocycles. The first-order valence-corrected chi connectivity index (χ1v) is 6.27. The fourth-order valence-electron chi connectivity index (χ4n) is 1.89. The third-order valence-electron chi connectivity index (χ3n) is 2.84. The van der Waals surface area contributed by atoms with E-state index >= 15 is 0 Å². The largest absolute Gasteiger partial charge is 0.221 e. The van der Waals surface area contributed by atoms with Gasteiger partial charge in [0, 0.05) is 10.6 Å². The molecule has 0 spiro atoms. The first-order chi connectivity index (χ1) is 9.34. The van der Waals surface area contributed by atoms with E-state index in [0.717, 1.165) is 22.0 Å². The average Bonchev–Trinajstić information content (AvgIpc) is 2.91. The molecule has 5 heteroatoms. The topological polar surface area (TPSA) is 43.6 Å². The summed E-state index contributed by atoms with van der Waals surface area (Å²) < 4.78 is 1.75. The minimum atomic E-state index is 0.552. The van der Waals surface area contributed by atoms with Crippen LogP contribution in [0, 0.1) is 0 Å². The van der Waals surface area contributed by atoms with Gasteiger partial charge in [0.1, 0.15) is 0 Å². The Morgan fingerprint density at radius 1 is 0.947 bits per heavy atom. The second kappa shape index (κ2) is 5.20. The van der Waals surface area contributed by atoms with Crippen molar-refractivity contribution in [1.82, 2.24) is 20.2 Å².